The fourth-order valence-corrected chi connectivity index (χ4v) is 2.93. The van der Waals surface area contributed by atoms with E-state index in [1.807, 2.05) is 72.8 Å². The van der Waals surface area contributed by atoms with Crippen molar-refractivity contribution in [2.24, 2.45) is 5.10 Å². The first-order chi connectivity index (χ1) is 13.6. The van der Waals surface area contributed by atoms with Crippen LogP contribution in [0.3, 0.4) is 0 Å². The van der Waals surface area contributed by atoms with Gasteiger partial charge in [-0.2, -0.15) is 5.10 Å². The lowest BCUT2D eigenvalue weighted by Gasteiger charge is -2.06. The molecule has 0 fully saturated rings. The van der Waals surface area contributed by atoms with Crippen LogP contribution in [-0.2, 0) is 17.8 Å². The molecule has 3 rings (SSSR count). The molecule has 0 atom stereocenters. The average molecular weight is 502 g/mol. The second-order valence-electron chi connectivity index (χ2n) is 6.08. The van der Waals surface area contributed by atoms with E-state index in [0.717, 1.165) is 31.4 Å². The Labute approximate surface area is 180 Å². The number of hydrogen-bond acceptors (Lipinski definition) is 3. The first-order valence-electron chi connectivity index (χ1n) is 8.62. The fraction of sp³-hybridized carbons (Fsp3) is 0.0909. The predicted molar refractivity (Wildman–Crippen MR) is 118 cm³/mol. The molecule has 0 heterocycles. The molecule has 1 N–H and O–H groups in total. The third-order valence-electron chi connectivity index (χ3n) is 3.88. The van der Waals surface area contributed by atoms with Crippen LogP contribution in [0, 0.1) is 0 Å². The summed E-state index contributed by atoms with van der Waals surface area (Å²) in [6.45, 7) is 0.507. The van der Waals surface area contributed by atoms with Gasteiger partial charge in [-0.05, 0) is 65.2 Å². The molecule has 0 saturated heterocycles. The van der Waals surface area contributed by atoms with Crippen LogP contribution < -0.4 is 10.2 Å². The van der Waals surface area contributed by atoms with Crippen LogP contribution in [0.5, 0.6) is 5.75 Å². The van der Waals surface area contributed by atoms with E-state index in [4.69, 9.17) is 4.74 Å². The number of amides is 1. The number of hydrazone groups is 1. The minimum absolute atomic E-state index is 0.159. The second-order valence-corrected chi connectivity index (χ2v) is 7.91. The Hall–Kier alpha value is -2.44. The summed E-state index contributed by atoms with van der Waals surface area (Å²) in [6.07, 6.45) is 1.89. The van der Waals surface area contributed by atoms with E-state index in [9.17, 15) is 4.79 Å². The van der Waals surface area contributed by atoms with Gasteiger partial charge < -0.3 is 4.74 Å². The smallest absolute Gasteiger partial charge is 0.244 e. The summed E-state index contributed by atoms with van der Waals surface area (Å²) in [5.41, 5.74) is 5.45. The maximum atomic E-state index is 11.9. The molecule has 1 amide bonds. The number of halogens is 2. The Bertz CT molecular complexity index is 938. The van der Waals surface area contributed by atoms with E-state index >= 15 is 0 Å². The Morgan fingerprint density at radius 1 is 0.857 bits per heavy atom. The van der Waals surface area contributed by atoms with Gasteiger partial charge in [0.25, 0.3) is 0 Å². The molecule has 6 heteroatoms. The van der Waals surface area contributed by atoms with Crippen LogP contribution in [0.25, 0.3) is 0 Å². The Morgan fingerprint density at radius 2 is 1.43 bits per heavy atom. The molecule has 28 heavy (non-hydrogen) atoms. The highest BCUT2D eigenvalue weighted by atomic mass is 79.9. The summed E-state index contributed by atoms with van der Waals surface area (Å²) in [7, 11) is 0. The number of ether oxygens (including phenoxy) is 1. The van der Waals surface area contributed by atoms with Crippen molar-refractivity contribution in [3.63, 3.8) is 0 Å². The van der Waals surface area contributed by atoms with Crippen molar-refractivity contribution in [2.45, 2.75) is 13.0 Å². The highest BCUT2D eigenvalue weighted by Crippen LogP contribution is 2.15. The maximum absolute atomic E-state index is 11.9. The molecule has 0 aliphatic carbocycles. The lowest BCUT2D eigenvalue weighted by Crippen LogP contribution is -2.19. The molecule has 3 aromatic carbocycles. The van der Waals surface area contributed by atoms with E-state index in [-0.39, 0.29) is 12.3 Å². The van der Waals surface area contributed by atoms with Gasteiger partial charge in [-0.3, -0.25) is 4.79 Å². The van der Waals surface area contributed by atoms with Crippen LogP contribution in [-0.4, -0.2) is 12.1 Å². The zero-order valence-corrected chi connectivity index (χ0v) is 18.1. The van der Waals surface area contributed by atoms with Gasteiger partial charge >= 0.3 is 0 Å². The quantitative estimate of drug-likeness (QED) is 0.344. The summed E-state index contributed by atoms with van der Waals surface area (Å²) in [6, 6.07) is 23.2. The summed E-state index contributed by atoms with van der Waals surface area (Å²) >= 11 is 6.79. The van der Waals surface area contributed by atoms with E-state index in [1.54, 1.807) is 6.21 Å². The number of hydrogen-bond donors (Lipinski definition) is 1. The first-order valence-corrected chi connectivity index (χ1v) is 10.2. The van der Waals surface area contributed by atoms with Gasteiger partial charge in [0.05, 0.1) is 12.6 Å². The van der Waals surface area contributed by atoms with Crippen molar-refractivity contribution in [1.82, 2.24) is 5.43 Å². The van der Waals surface area contributed by atoms with E-state index in [2.05, 4.69) is 42.4 Å². The van der Waals surface area contributed by atoms with Gasteiger partial charge in [0, 0.05) is 8.95 Å². The maximum Gasteiger partial charge on any atom is 0.244 e. The molecule has 0 radical (unpaired) electrons. The molecular formula is C22H18Br2N2O2. The van der Waals surface area contributed by atoms with Crippen molar-refractivity contribution in [3.8, 4) is 5.75 Å². The van der Waals surface area contributed by atoms with Gasteiger partial charge in [0.15, 0.2) is 0 Å². The molecule has 0 aliphatic heterocycles. The van der Waals surface area contributed by atoms with Crippen molar-refractivity contribution < 1.29 is 9.53 Å². The second kappa shape index (κ2) is 10.2. The summed E-state index contributed by atoms with van der Waals surface area (Å²) in [4.78, 5) is 11.9. The molecule has 0 aromatic heterocycles. The minimum atomic E-state index is -0.159. The summed E-state index contributed by atoms with van der Waals surface area (Å²) in [5, 5.41) is 4.01. The third-order valence-corrected chi connectivity index (χ3v) is 4.94. The number of nitrogens with zero attached hydrogens (tertiary/aromatic N) is 1. The number of carbonyl (C=O) groups is 1. The molecule has 0 spiro atoms. The van der Waals surface area contributed by atoms with Crippen LogP contribution in [0.1, 0.15) is 16.7 Å². The van der Waals surface area contributed by atoms with E-state index < -0.39 is 0 Å². The van der Waals surface area contributed by atoms with Crippen LogP contribution in [0.2, 0.25) is 0 Å². The van der Waals surface area contributed by atoms with Gasteiger partial charge in [0.2, 0.25) is 5.91 Å². The normalized spacial score (nSPS) is 10.8. The number of nitrogens with one attached hydrogen (secondary N) is 1. The summed E-state index contributed by atoms with van der Waals surface area (Å²) < 4.78 is 7.80. The molecule has 0 aliphatic rings. The van der Waals surface area contributed by atoms with Gasteiger partial charge in [-0.25, -0.2) is 5.43 Å². The fourth-order valence-electron chi connectivity index (χ4n) is 2.40. The van der Waals surface area contributed by atoms with Crippen molar-refractivity contribution in [3.05, 3.63) is 98.4 Å². The topological polar surface area (TPSA) is 50.7 Å². The zero-order valence-electron chi connectivity index (χ0n) is 14.9. The Balaban J connectivity index is 1.45. The zero-order chi connectivity index (χ0) is 19.8. The van der Waals surface area contributed by atoms with Crippen LogP contribution >= 0.6 is 31.9 Å². The molecule has 4 nitrogen and oxygen atoms in total. The molecule has 0 bridgehead atoms. The number of rotatable bonds is 7. The molecular weight excluding hydrogens is 484 g/mol. The average Bonchev–Trinajstić information content (AvgIpc) is 2.70. The first kappa shape index (κ1) is 20.3. The molecule has 0 unspecified atom stereocenters. The van der Waals surface area contributed by atoms with Crippen LogP contribution in [0.15, 0.2) is 86.8 Å². The SMILES string of the molecule is O=C(Cc1ccc(Br)cc1)N/N=C/c1ccc(OCc2ccc(Br)cc2)cc1. The Kier molecular flexibility index (Phi) is 7.39. The highest BCUT2D eigenvalue weighted by molar-refractivity contribution is 9.10. The highest BCUT2D eigenvalue weighted by Gasteiger charge is 2.02. The predicted octanol–water partition coefficient (Wildman–Crippen LogP) is 5.48. The minimum Gasteiger partial charge on any atom is -0.489 e. The van der Waals surface area contributed by atoms with E-state index in [0.29, 0.717) is 6.61 Å². The molecule has 0 saturated carbocycles. The van der Waals surface area contributed by atoms with Crippen molar-refractivity contribution in [2.75, 3.05) is 0 Å². The molecule has 3 aromatic rings. The van der Waals surface area contributed by atoms with Crippen LogP contribution in [0.4, 0.5) is 0 Å². The van der Waals surface area contributed by atoms with Gasteiger partial charge in [0.1, 0.15) is 12.4 Å². The standard InChI is InChI=1S/C22H18Br2N2O2/c23-19-7-1-16(2-8-19)13-22(27)26-25-14-17-5-11-21(12-6-17)28-15-18-3-9-20(24)10-4-18/h1-12,14H,13,15H2,(H,26,27)/b25-14+. The number of benzene rings is 3. The third kappa shape index (κ3) is 6.62. The monoisotopic (exact) mass is 500 g/mol. The van der Waals surface area contributed by atoms with Crippen molar-refractivity contribution in [1.29, 1.82) is 0 Å². The van der Waals surface area contributed by atoms with Gasteiger partial charge in [-0.1, -0.05) is 56.1 Å². The van der Waals surface area contributed by atoms with Gasteiger partial charge in [-0.15, -0.1) is 0 Å². The molecule has 142 valence electrons. The van der Waals surface area contributed by atoms with E-state index in [1.165, 1.54) is 0 Å². The summed E-state index contributed by atoms with van der Waals surface area (Å²) in [5.74, 6) is 0.618. The largest absolute Gasteiger partial charge is 0.489 e. The lowest BCUT2D eigenvalue weighted by atomic mass is 10.1. The van der Waals surface area contributed by atoms with Crippen molar-refractivity contribution >= 4 is 44.0 Å². The number of carbonyl (C=O) groups excluding carboxylic acids is 1. The Morgan fingerprint density at radius 3 is 2.04 bits per heavy atom. The lowest BCUT2D eigenvalue weighted by molar-refractivity contribution is -0.120.